The zero-order valence-corrected chi connectivity index (χ0v) is 21.4. The standard InChI is InChI=1S/C27H28ClFN6O2/c1-16-22(11-18(28)13-31-16)26(36)33-20-6-3-17(4-7-20)15-34-23-9-5-19(29)12-24(23)35(27(34)37)21-8-10-25(30-2)32-14-21/h5,8-14,17,20H,3-4,6-7,15H2,1-2H3,(H,30,32)(H,33,36). The molecule has 0 atom stereocenters. The molecule has 0 radical (unpaired) electrons. The third kappa shape index (κ3) is 5.09. The first-order valence-electron chi connectivity index (χ1n) is 12.3. The molecule has 1 amide bonds. The van der Waals surface area contributed by atoms with Crippen LogP contribution in [0.25, 0.3) is 16.7 Å². The number of hydrogen-bond donors (Lipinski definition) is 2. The fourth-order valence-electron chi connectivity index (χ4n) is 5.07. The molecule has 3 aromatic heterocycles. The largest absolute Gasteiger partial charge is 0.373 e. The quantitative estimate of drug-likeness (QED) is 0.382. The maximum Gasteiger partial charge on any atom is 0.333 e. The summed E-state index contributed by atoms with van der Waals surface area (Å²) in [5.41, 5.74) is 2.67. The van der Waals surface area contributed by atoms with Crippen LogP contribution in [-0.2, 0) is 6.54 Å². The molecule has 1 aromatic carbocycles. The van der Waals surface area contributed by atoms with Crippen LogP contribution in [0, 0.1) is 18.7 Å². The molecule has 4 aromatic rings. The van der Waals surface area contributed by atoms with Gasteiger partial charge in [0.1, 0.15) is 11.6 Å². The number of halogens is 2. The molecule has 0 bridgehead atoms. The van der Waals surface area contributed by atoms with Crippen molar-refractivity contribution in [1.29, 1.82) is 0 Å². The maximum absolute atomic E-state index is 14.2. The monoisotopic (exact) mass is 522 g/mol. The van der Waals surface area contributed by atoms with Gasteiger partial charge in [-0.1, -0.05) is 11.6 Å². The summed E-state index contributed by atoms with van der Waals surface area (Å²) in [7, 11) is 1.77. The molecule has 1 aliphatic rings. The Morgan fingerprint density at radius 1 is 1.08 bits per heavy atom. The Balaban J connectivity index is 1.33. The van der Waals surface area contributed by atoms with E-state index in [1.165, 1.54) is 22.9 Å². The van der Waals surface area contributed by atoms with Crippen LogP contribution in [0.3, 0.4) is 0 Å². The molecule has 2 N–H and O–H groups in total. The van der Waals surface area contributed by atoms with Crippen LogP contribution in [0.2, 0.25) is 5.02 Å². The molecule has 192 valence electrons. The number of nitrogens with zero attached hydrogens (tertiary/aromatic N) is 4. The zero-order chi connectivity index (χ0) is 26.1. The number of fused-ring (bicyclic) bond motifs is 1. The molecule has 37 heavy (non-hydrogen) atoms. The highest BCUT2D eigenvalue weighted by atomic mass is 35.5. The van der Waals surface area contributed by atoms with Crippen molar-refractivity contribution in [2.75, 3.05) is 12.4 Å². The van der Waals surface area contributed by atoms with Crippen LogP contribution in [0.1, 0.15) is 41.7 Å². The third-order valence-electron chi connectivity index (χ3n) is 7.07. The molecule has 1 aliphatic carbocycles. The lowest BCUT2D eigenvalue weighted by Gasteiger charge is -2.29. The van der Waals surface area contributed by atoms with Crippen molar-refractivity contribution in [3.63, 3.8) is 0 Å². The minimum atomic E-state index is -0.403. The van der Waals surface area contributed by atoms with Gasteiger partial charge in [0.2, 0.25) is 0 Å². The summed E-state index contributed by atoms with van der Waals surface area (Å²) in [6.45, 7) is 2.31. The second-order valence-corrected chi connectivity index (χ2v) is 9.93. The van der Waals surface area contributed by atoms with Gasteiger partial charge in [0.05, 0.1) is 39.2 Å². The molecule has 0 aliphatic heterocycles. The van der Waals surface area contributed by atoms with Gasteiger partial charge in [-0.05, 0) is 68.9 Å². The lowest BCUT2D eigenvalue weighted by Crippen LogP contribution is -2.39. The summed E-state index contributed by atoms with van der Waals surface area (Å²) in [4.78, 5) is 34.8. The molecular formula is C27H28ClFN6O2. The number of hydrogen-bond acceptors (Lipinski definition) is 5. The first-order valence-corrected chi connectivity index (χ1v) is 12.7. The second-order valence-electron chi connectivity index (χ2n) is 9.49. The lowest BCUT2D eigenvalue weighted by atomic mass is 9.85. The summed E-state index contributed by atoms with van der Waals surface area (Å²) < 4.78 is 17.4. The summed E-state index contributed by atoms with van der Waals surface area (Å²) in [5.74, 6) is 0.362. The van der Waals surface area contributed by atoms with Crippen LogP contribution >= 0.6 is 11.6 Å². The van der Waals surface area contributed by atoms with Crippen LogP contribution in [0.4, 0.5) is 10.2 Å². The molecular weight excluding hydrogens is 495 g/mol. The second kappa shape index (κ2) is 10.3. The van der Waals surface area contributed by atoms with E-state index in [1.54, 1.807) is 49.0 Å². The minimum Gasteiger partial charge on any atom is -0.373 e. The van der Waals surface area contributed by atoms with Crippen molar-refractivity contribution in [3.05, 3.63) is 81.4 Å². The van der Waals surface area contributed by atoms with Gasteiger partial charge in [0.25, 0.3) is 5.91 Å². The highest BCUT2D eigenvalue weighted by Gasteiger charge is 2.26. The van der Waals surface area contributed by atoms with E-state index < -0.39 is 5.82 Å². The number of nitrogens with one attached hydrogen (secondary N) is 2. The lowest BCUT2D eigenvalue weighted by molar-refractivity contribution is 0.0919. The van der Waals surface area contributed by atoms with Crippen molar-refractivity contribution < 1.29 is 9.18 Å². The fraction of sp³-hybridized carbons (Fsp3) is 0.333. The number of amides is 1. The summed E-state index contributed by atoms with van der Waals surface area (Å²) in [6, 6.07) is 9.68. The van der Waals surface area contributed by atoms with Gasteiger partial charge in [-0.3, -0.25) is 18.9 Å². The number of aromatic nitrogens is 4. The number of aryl methyl sites for hydroxylation is 1. The number of carbonyl (C=O) groups is 1. The molecule has 3 heterocycles. The summed E-state index contributed by atoms with van der Waals surface area (Å²) >= 11 is 6.02. The molecule has 10 heteroatoms. The van der Waals surface area contributed by atoms with E-state index >= 15 is 0 Å². The van der Waals surface area contributed by atoms with Crippen molar-refractivity contribution in [1.82, 2.24) is 24.4 Å². The molecule has 1 saturated carbocycles. The Labute approximate surface area is 218 Å². The maximum atomic E-state index is 14.2. The van der Waals surface area contributed by atoms with E-state index in [9.17, 15) is 14.0 Å². The van der Waals surface area contributed by atoms with E-state index in [4.69, 9.17) is 11.6 Å². The van der Waals surface area contributed by atoms with E-state index in [1.807, 2.05) is 0 Å². The number of benzene rings is 1. The first kappa shape index (κ1) is 25.0. The highest BCUT2D eigenvalue weighted by Crippen LogP contribution is 2.28. The predicted molar refractivity (Wildman–Crippen MR) is 142 cm³/mol. The Morgan fingerprint density at radius 2 is 1.86 bits per heavy atom. The van der Waals surface area contributed by atoms with Crippen molar-refractivity contribution in [3.8, 4) is 5.69 Å². The average Bonchev–Trinajstić information content (AvgIpc) is 3.16. The van der Waals surface area contributed by atoms with Gasteiger partial charge in [-0.25, -0.2) is 14.2 Å². The van der Waals surface area contributed by atoms with Gasteiger partial charge in [0, 0.05) is 31.9 Å². The molecule has 0 spiro atoms. The summed E-state index contributed by atoms with van der Waals surface area (Å²) in [5, 5.41) is 6.49. The van der Waals surface area contributed by atoms with Crippen molar-refractivity contribution in [2.24, 2.45) is 5.92 Å². The van der Waals surface area contributed by atoms with Crippen LogP contribution in [-0.4, -0.2) is 38.1 Å². The fourth-order valence-corrected chi connectivity index (χ4v) is 5.23. The topological polar surface area (TPSA) is 93.8 Å². The number of carbonyl (C=O) groups excluding carboxylic acids is 1. The third-order valence-corrected chi connectivity index (χ3v) is 7.28. The van der Waals surface area contributed by atoms with Gasteiger partial charge < -0.3 is 10.6 Å². The van der Waals surface area contributed by atoms with Gasteiger partial charge in [-0.15, -0.1) is 0 Å². The van der Waals surface area contributed by atoms with Crippen molar-refractivity contribution in [2.45, 2.75) is 45.2 Å². The zero-order valence-electron chi connectivity index (χ0n) is 20.7. The minimum absolute atomic E-state index is 0.0473. The van der Waals surface area contributed by atoms with Crippen LogP contribution in [0.5, 0.6) is 0 Å². The Kier molecular flexibility index (Phi) is 6.97. The van der Waals surface area contributed by atoms with Crippen LogP contribution in [0.15, 0.2) is 53.6 Å². The number of anilines is 1. The van der Waals surface area contributed by atoms with Gasteiger partial charge >= 0.3 is 5.69 Å². The number of imidazole rings is 1. The average molecular weight is 523 g/mol. The Bertz CT molecular complexity index is 1510. The molecule has 5 rings (SSSR count). The van der Waals surface area contributed by atoms with Crippen molar-refractivity contribution >= 4 is 34.4 Å². The van der Waals surface area contributed by atoms with E-state index in [2.05, 4.69) is 20.6 Å². The number of rotatable bonds is 6. The van der Waals surface area contributed by atoms with E-state index in [0.717, 1.165) is 25.7 Å². The van der Waals surface area contributed by atoms with E-state index in [-0.39, 0.29) is 23.6 Å². The summed E-state index contributed by atoms with van der Waals surface area (Å²) in [6.07, 6.45) is 6.46. The van der Waals surface area contributed by atoms with E-state index in [0.29, 0.717) is 45.4 Å². The number of pyridine rings is 2. The Morgan fingerprint density at radius 3 is 2.57 bits per heavy atom. The first-order chi connectivity index (χ1) is 17.8. The molecule has 0 unspecified atom stereocenters. The molecule has 1 fully saturated rings. The predicted octanol–water partition coefficient (Wildman–Crippen LogP) is 4.71. The normalized spacial score (nSPS) is 17.6. The van der Waals surface area contributed by atoms with Gasteiger partial charge in [-0.2, -0.15) is 0 Å². The highest BCUT2D eigenvalue weighted by molar-refractivity contribution is 6.30. The van der Waals surface area contributed by atoms with Gasteiger partial charge in [0.15, 0.2) is 0 Å². The smallest absolute Gasteiger partial charge is 0.333 e. The van der Waals surface area contributed by atoms with Crippen LogP contribution < -0.4 is 16.3 Å². The molecule has 0 saturated heterocycles. The molecule has 8 nitrogen and oxygen atoms in total. The Hall–Kier alpha value is -3.72. The SMILES string of the molecule is CNc1ccc(-n2c(=O)n(CC3CCC(NC(=O)c4cc(Cl)cnc4C)CC3)c3ccc(F)cc32)cn1.